The largest absolute Gasteiger partial charge is 0.392 e. The summed E-state index contributed by atoms with van der Waals surface area (Å²) in [4.78, 5) is 1.31. The molecule has 3 heteroatoms. The second-order valence-electron chi connectivity index (χ2n) is 9.57. The summed E-state index contributed by atoms with van der Waals surface area (Å²) in [6.07, 6.45) is 14.4. The number of hydrogen-bond donors (Lipinski definition) is 1. The third-order valence-electron chi connectivity index (χ3n) is 6.00. The van der Waals surface area contributed by atoms with Crippen LogP contribution in [0.4, 0.5) is 0 Å². The molecule has 0 saturated carbocycles. The monoisotopic (exact) mass is 504 g/mol. The molecule has 0 amide bonds. The van der Waals surface area contributed by atoms with Crippen LogP contribution in [0.15, 0.2) is 112 Å². The number of thioether (sulfide) groups is 1. The minimum absolute atomic E-state index is 0.147. The zero-order valence-corrected chi connectivity index (χ0v) is 23.4. The fourth-order valence-corrected chi connectivity index (χ4v) is 5.13. The lowest BCUT2D eigenvalue weighted by molar-refractivity contribution is 0.148. The number of allylic oxidation sites excluding steroid dienone is 5. The molecule has 2 rings (SSSR count). The summed E-state index contributed by atoms with van der Waals surface area (Å²) in [5.74, 6) is 0. The van der Waals surface area contributed by atoms with E-state index in [4.69, 9.17) is 4.74 Å². The molecule has 0 heterocycles. The maximum atomic E-state index is 9.21. The van der Waals surface area contributed by atoms with Crippen LogP contribution in [0.2, 0.25) is 0 Å². The topological polar surface area (TPSA) is 29.5 Å². The number of aliphatic hydroxyl groups is 1. The van der Waals surface area contributed by atoms with Gasteiger partial charge in [-0.05, 0) is 77.5 Å². The average molecular weight is 505 g/mol. The number of aliphatic hydroxyl groups excluding tert-OH is 1. The van der Waals surface area contributed by atoms with Gasteiger partial charge in [0.05, 0.1) is 19.8 Å². The van der Waals surface area contributed by atoms with Crippen molar-refractivity contribution in [2.45, 2.75) is 76.6 Å². The lowest BCUT2D eigenvalue weighted by Gasteiger charge is -2.15. The first kappa shape index (κ1) is 29.9. The Morgan fingerprint density at radius 2 is 1.39 bits per heavy atom. The van der Waals surface area contributed by atoms with Crippen molar-refractivity contribution in [2.75, 3.05) is 13.2 Å². The Kier molecular flexibility index (Phi) is 14.9. The van der Waals surface area contributed by atoms with Crippen LogP contribution in [0.1, 0.15) is 65.4 Å². The van der Waals surface area contributed by atoms with Gasteiger partial charge >= 0.3 is 0 Å². The Balaban J connectivity index is 1.86. The number of benzene rings is 2. The van der Waals surface area contributed by atoms with Crippen molar-refractivity contribution in [1.82, 2.24) is 0 Å². The van der Waals surface area contributed by atoms with Gasteiger partial charge < -0.3 is 9.84 Å². The molecule has 1 atom stereocenters. The van der Waals surface area contributed by atoms with Gasteiger partial charge in [0.1, 0.15) is 0 Å². The standard InChI is InChI=1S/C33H44O2S/c1-27(21-22-35-26-31-17-7-5-8-18-31)13-11-14-28(2)23-33(36-32-19-9-6-10-20-32)24-29(3)15-12-16-30(4)25-34/h5-10,14,16-21,24,33-34H,11-13,15,22-23,25-26H2,1-4H3/b27-21+,28-14+,29-24+,30-16+. The highest BCUT2D eigenvalue weighted by molar-refractivity contribution is 8.00. The van der Waals surface area contributed by atoms with Crippen molar-refractivity contribution in [3.63, 3.8) is 0 Å². The van der Waals surface area contributed by atoms with Crippen LogP contribution in [-0.4, -0.2) is 23.6 Å². The Bertz CT molecular complexity index is 987. The van der Waals surface area contributed by atoms with Gasteiger partial charge in [0.25, 0.3) is 0 Å². The second kappa shape index (κ2) is 18.0. The molecule has 0 aliphatic rings. The molecule has 1 unspecified atom stereocenters. The van der Waals surface area contributed by atoms with E-state index in [1.165, 1.54) is 27.2 Å². The van der Waals surface area contributed by atoms with Crippen molar-refractivity contribution in [2.24, 2.45) is 0 Å². The SMILES string of the molecule is C/C(=C\CC/C(C)=C/C(C/C(C)=C/CC/C(C)=C/COCc1ccccc1)Sc1ccccc1)CO. The highest BCUT2D eigenvalue weighted by Crippen LogP contribution is 2.30. The van der Waals surface area contributed by atoms with E-state index >= 15 is 0 Å². The van der Waals surface area contributed by atoms with Crippen molar-refractivity contribution < 1.29 is 9.84 Å². The maximum Gasteiger partial charge on any atom is 0.0721 e. The summed E-state index contributed by atoms with van der Waals surface area (Å²) >= 11 is 1.94. The van der Waals surface area contributed by atoms with Gasteiger partial charge in [-0.15, -0.1) is 11.8 Å². The highest BCUT2D eigenvalue weighted by Gasteiger charge is 2.09. The molecule has 0 spiro atoms. The van der Waals surface area contributed by atoms with E-state index in [1.807, 2.05) is 36.9 Å². The van der Waals surface area contributed by atoms with Crippen LogP contribution in [-0.2, 0) is 11.3 Å². The fraction of sp³-hybridized carbons (Fsp3) is 0.394. The molecule has 0 aromatic heterocycles. The summed E-state index contributed by atoms with van der Waals surface area (Å²) in [5, 5.41) is 9.62. The molecule has 2 aromatic rings. The first-order valence-corrected chi connectivity index (χ1v) is 13.9. The van der Waals surface area contributed by atoms with E-state index in [-0.39, 0.29) is 6.61 Å². The Morgan fingerprint density at radius 3 is 2.06 bits per heavy atom. The van der Waals surface area contributed by atoms with E-state index < -0.39 is 0 Å². The molecule has 36 heavy (non-hydrogen) atoms. The van der Waals surface area contributed by atoms with E-state index in [0.717, 1.165) is 37.7 Å². The van der Waals surface area contributed by atoms with Crippen molar-refractivity contribution >= 4 is 11.8 Å². The summed E-state index contributed by atoms with van der Waals surface area (Å²) < 4.78 is 5.79. The van der Waals surface area contributed by atoms with E-state index in [0.29, 0.717) is 18.5 Å². The van der Waals surface area contributed by atoms with Gasteiger partial charge in [-0.2, -0.15) is 0 Å². The number of hydrogen-bond acceptors (Lipinski definition) is 3. The predicted molar refractivity (Wildman–Crippen MR) is 157 cm³/mol. The molecule has 0 bridgehead atoms. The van der Waals surface area contributed by atoms with E-state index in [9.17, 15) is 5.11 Å². The molecule has 2 aromatic carbocycles. The first-order chi connectivity index (χ1) is 17.5. The van der Waals surface area contributed by atoms with Gasteiger partial charge in [-0.25, -0.2) is 0 Å². The molecule has 1 N–H and O–H groups in total. The third kappa shape index (κ3) is 13.7. The van der Waals surface area contributed by atoms with Crippen molar-refractivity contribution in [3.8, 4) is 0 Å². The predicted octanol–water partition coefficient (Wildman–Crippen LogP) is 9.09. The van der Waals surface area contributed by atoms with Gasteiger partial charge in [0, 0.05) is 10.1 Å². The summed E-state index contributed by atoms with van der Waals surface area (Å²) in [5.41, 5.74) is 6.49. The maximum absolute atomic E-state index is 9.21. The molecule has 2 nitrogen and oxygen atoms in total. The van der Waals surface area contributed by atoms with Gasteiger partial charge in [-0.3, -0.25) is 0 Å². The average Bonchev–Trinajstić information content (AvgIpc) is 2.87. The fourth-order valence-electron chi connectivity index (χ4n) is 3.82. The lowest BCUT2D eigenvalue weighted by atomic mass is 10.0. The van der Waals surface area contributed by atoms with E-state index in [1.54, 1.807) is 0 Å². The quantitative estimate of drug-likeness (QED) is 0.140. The van der Waals surface area contributed by atoms with Crippen molar-refractivity contribution in [1.29, 1.82) is 0 Å². The second-order valence-corrected chi connectivity index (χ2v) is 10.9. The normalized spacial score (nSPS) is 14.2. The van der Waals surface area contributed by atoms with Gasteiger partial charge in [0.2, 0.25) is 0 Å². The van der Waals surface area contributed by atoms with E-state index in [2.05, 4.69) is 87.5 Å². The number of rotatable bonds is 16. The van der Waals surface area contributed by atoms with Crippen LogP contribution in [0, 0.1) is 0 Å². The molecule has 0 radical (unpaired) electrons. The first-order valence-electron chi connectivity index (χ1n) is 13.0. The minimum Gasteiger partial charge on any atom is -0.392 e. The molecule has 0 fully saturated rings. The molecular formula is C33H44O2S. The van der Waals surface area contributed by atoms with Gasteiger partial charge in [0.15, 0.2) is 0 Å². The smallest absolute Gasteiger partial charge is 0.0721 e. The highest BCUT2D eigenvalue weighted by atomic mass is 32.2. The van der Waals surface area contributed by atoms with Gasteiger partial charge in [-0.1, -0.05) is 95.1 Å². The van der Waals surface area contributed by atoms with Crippen LogP contribution in [0.3, 0.4) is 0 Å². The minimum atomic E-state index is 0.147. The molecule has 0 aliphatic heterocycles. The molecular weight excluding hydrogens is 460 g/mol. The van der Waals surface area contributed by atoms with Crippen molar-refractivity contribution in [3.05, 3.63) is 113 Å². The lowest BCUT2D eigenvalue weighted by Crippen LogP contribution is -2.01. The Morgan fingerprint density at radius 1 is 0.778 bits per heavy atom. The van der Waals surface area contributed by atoms with Crippen LogP contribution in [0.25, 0.3) is 0 Å². The number of ether oxygens (including phenoxy) is 1. The molecule has 194 valence electrons. The molecule has 0 aliphatic carbocycles. The zero-order valence-electron chi connectivity index (χ0n) is 22.6. The zero-order chi connectivity index (χ0) is 26.0. The Hall–Kier alpha value is -2.33. The molecule has 0 saturated heterocycles. The third-order valence-corrected chi connectivity index (χ3v) is 7.15. The summed E-state index contributed by atoms with van der Waals surface area (Å²) in [6.45, 7) is 10.1. The van der Waals surface area contributed by atoms with Crippen LogP contribution in [0.5, 0.6) is 0 Å². The summed E-state index contributed by atoms with van der Waals surface area (Å²) in [6, 6.07) is 21.0. The Labute approximate surface area is 223 Å². The van der Waals surface area contributed by atoms with Crippen LogP contribution < -0.4 is 0 Å². The van der Waals surface area contributed by atoms with Crippen LogP contribution >= 0.6 is 11.8 Å². The summed E-state index contributed by atoms with van der Waals surface area (Å²) in [7, 11) is 0.